The van der Waals surface area contributed by atoms with Gasteiger partial charge >= 0.3 is 5.82 Å². The number of hydrogen-bond donors (Lipinski definition) is 1. The minimum Gasteiger partial charge on any atom is -0.358 e. The van der Waals surface area contributed by atoms with E-state index in [1.54, 1.807) is 6.33 Å². The Morgan fingerprint density at radius 1 is 1.80 bits per heavy atom. The average molecular weight is 210 g/mol. The van der Waals surface area contributed by atoms with E-state index in [-0.39, 0.29) is 11.9 Å². The van der Waals surface area contributed by atoms with E-state index in [1.165, 1.54) is 0 Å². The van der Waals surface area contributed by atoms with E-state index in [1.807, 2.05) is 11.5 Å². The molecule has 2 N–H and O–H groups in total. The van der Waals surface area contributed by atoms with Crippen LogP contribution in [0.15, 0.2) is 6.33 Å². The van der Waals surface area contributed by atoms with Gasteiger partial charge in [-0.05, 0) is 35.6 Å². The third-order valence-corrected chi connectivity index (χ3v) is 3.02. The summed E-state index contributed by atoms with van der Waals surface area (Å²) in [7, 11) is 0. The lowest BCUT2D eigenvalue weighted by molar-refractivity contribution is -0.390. The lowest BCUT2D eigenvalue weighted by Crippen LogP contribution is -2.33. The second kappa shape index (κ2) is 3.62. The van der Waals surface area contributed by atoms with Crippen LogP contribution in [-0.4, -0.2) is 20.5 Å². The molecule has 1 aromatic rings. The quantitative estimate of drug-likeness (QED) is 0.575. The van der Waals surface area contributed by atoms with Crippen LogP contribution >= 0.6 is 0 Å². The van der Waals surface area contributed by atoms with Crippen molar-refractivity contribution in [3.8, 4) is 0 Å². The highest BCUT2D eigenvalue weighted by Crippen LogP contribution is 2.27. The molecule has 0 radical (unpaired) electrons. The number of imidazole rings is 1. The average Bonchev–Trinajstić information content (AvgIpc) is 2.59. The van der Waals surface area contributed by atoms with Gasteiger partial charge < -0.3 is 20.4 Å². The van der Waals surface area contributed by atoms with Gasteiger partial charge in [-0.15, -0.1) is 0 Å². The Hall–Kier alpha value is -1.43. The van der Waals surface area contributed by atoms with Crippen LogP contribution in [-0.2, 0) is 13.0 Å². The van der Waals surface area contributed by atoms with Gasteiger partial charge in [0.05, 0.1) is 0 Å². The van der Waals surface area contributed by atoms with Gasteiger partial charge in [-0.25, -0.2) is 0 Å². The van der Waals surface area contributed by atoms with Crippen LogP contribution in [0.1, 0.15) is 19.0 Å². The maximum atomic E-state index is 10.7. The highest BCUT2D eigenvalue weighted by molar-refractivity contribution is 5.28. The smallest absolute Gasteiger partial charge is 0.358 e. The Bertz CT molecular complexity index is 385. The van der Waals surface area contributed by atoms with Crippen LogP contribution in [0.5, 0.6) is 0 Å². The first-order valence-corrected chi connectivity index (χ1v) is 5.03. The summed E-state index contributed by atoms with van der Waals surface area (Å²) < 4.78 is 1.86. The fraction of sp³-hybridized carbons (Fsp3) is 0.667. The normalized spacial score (nSPS) is 22.1. The Morgan fingerprint density at radius 2 is 2.53 bits per heavy atom. The summed E-state index contributed by atoms with van der Waals surface area (Å²) in [6.45, 7) is 2.72. The topological polar surface area (TPSA) is 87.0 Å². The SMILES string of the molecule is CC(N)C1CCc2c([N+](=O)[O-])ncn2C1. The molecule has 1 aliphatic rings. The molecule has 2 atom stereocenters. The van der Waals surface area contributed by atoms with E-state index in [4.69, 9.17) is 5.73 Å². The molecule has 2 unspecified atom stereocenters. The van der Waals surface area contributed by atoms with Crippen molar-refractivity contribution in [2.75, 3.05) is 0 Å². The number of fused-ring (bicyclic) bond motifs is 1. The zero-order valence-corrected chi connectivity index (χ0v) is 8.59. The van der Waals surface area contributed by atoms with Crippen molar-refractivity contribution >= 4 is 5.82 Å². The summed E-state index contributed by atoms with van der Waals surface area (Å²) in [5, 5.41) is 10.7. The van der Waals surface area contributed by atoms with Crippen molar-refractivity contribution in [1.29, 1.82) is 0 Å². The zero-order valence-electron chi connectivity index (χ0n) is 8.59. The van der Waals surface area contributed by atoms with Crippen LogP contribution in [0.2, 0.25) is 0 Å². The molecule has 0 spiro atoms. The number of aromatic nitrogens is 2. The lowest BCUT2D eigenvalue weighted by atomic mass is 9.92. The molecule has 2 heterocycles. The molecule has 2 rings (SSSR count). The molecule has 6 heteroatoms. The number of nitrogens with two attached hydrogens (primary N) is 1. The minimum absolute atomic E-state index is 0.00174. The standard InChI is InChI=1S/C9H14N4O2/c1-6(10)7-2-3-8-9(13(14)15)11-5-12(8)4-7/h5-7H,2-4,10H2,1H3. The maximum Gasteiger partial charge on any atom is 0.384 e. The van der Waals surface area contributed by atoms with E-state index in [0.29, 0.717) is 12.3 Å². The van der Waals surface area contributed by atoms with Crippen molar-refractivity contribution in [3.05, 3.63) is 22.1 Å². The maximum absolute atomic E-state index is 10.7. The van der Waals surface area contributed by atoms with E-state index in [9.17, 15) is 10.1 Å². The molecule has 0 saturated heterocycles. The van der Waals surface area contributed by atoms with Crippen molar-refractivity contribution in [2.24, 2.45) is 11.7 Å². The zero-order chi connectivity index (χ0) is 11.0. The Morgan fingerprint density at radius 3 is 3.13 bits per heavy atom. The lowest BCUT2D eigenvalue weighted by Gasteiger charge is -2.25. The van der Waals surface area contributed by atoms with Gasteiger partial charge in [0, 0.05) is 12.6 Å². The van der Waals surface area contributed by atoms with E-state index >= 15 is 0 Å². The summed E-state index contributed by atoms with van der Waals surface area (Å²) in [6.07, 6.45) is 3.15. The molecule has 0 bridgehead atoms. The van der Waals surface area contributed by atoms with Crippen LogP contribution < -0.4 is 5.73 Å². The van der Waals surface area contributed by atoms with Gasteiger partial charge in [-0.3, -0.25) is 0 Å². The fourth-order valence-corrected chi connectivity index (χ4v) is 2.06. The first-order valence-electron chi connectivity index (χ1n) is 5.03. The van der Waals surface area contributed by atoms with Crippen LogP contribution in [0.3, 0.4) is 0 Å². The first-order chi connectivity index (χ1) is 7.09. The van der Waals surface area contributed by atoms with Gasteiger partial charge in [-0.2, -0.15) is 0 Å². The van der Waals surface area contributed by atoms with E-state index in [2.05, 4.69) is 4.98 Å². The molecule has 0 saturated carbocycles. The minimum atomic E-state index is -0.419. The van der Waals surface area contributed by atoms with Crippen molar-refractivity contribution in [1.82, 2.24) is 9.55 Å². The van der Waals surface area contributed by atoms with E-state index < -0.39 is 4.92 Å². The molecule has 6 nitrogen and oxygen atoms in total. The van der Waals surface area contributed by atoms with E-state index in [0.717, 1.165) is 18.7 Å². The second-order valence-corrected chi connectivity index (χ2v) is 4.08. The summed E-state index contributed by atoms with van der Waals surface area (Å²) in [5.74, 6) is 0.393. The molecule has 0 aliphatic carbocycles. The molecule has 0 amide bonds. The summed E-state index contributed by atoms with van der Waals surface area (Å²) in [6, 6.07) is 0.125. The van der Waals surface area contributed by atoms with Gasteiger partial charge in [-0.1, -0.05) is 0 Å². The highest BCUT2D eigenvalue weighted by atomic mass is 16.6. The number of nitro groups is 1. The van der Waals surface area contributed by atoms with Gasteiger partial charge in [0.1, 0.15) is 5.69 Å². The van der Waals surface area contributed by atoms with Gasteiger partial charge in [0.25, 0.3) is 0 Å². The number of hydrogen-bond acceptors (Lipinski definition) is 4. The molecular formula is C9H14N4O2. The fourth-order valence-electron chi connectivity index (χ4n) is 2.06. The third kappa shape index (κ3) is 1.72. The Kier molecular flexibility index (Phi) is 2.44. The predicted octanol–water partition coefficient (Wildman–Crippen LogP) is 0.701. The predicted molar refractivity (Wildman–Crippen MR) is 54.3 cm³/mol. The van der Waals surface area contributed by atoms with Crippen molar-refractivity contribution in [2.45, 2.75) is 32.4 Å². The van der Waals surface area contributed by atoms with Crippen LogP contribution in [0.25, 0.3) is 0 Å². The molecule has 1 aliphatic heterocycles. The number of nitrogens with zero attached hydrogens (tertiary/aromatic N) is 3. The molecule has 82 valence electrons. The number of rotatable bonds is 2. The molecule has 0 aromatic carbocycles. The Labute approximate surface area is 87.2 Å². The highest BCUT2D eigenvalue weighted by Gasteiger charge is 2.28. The first kappa shape index (κ1) is 10.1. The largest absolute Gasteiger partial charge is 0.384 e. The molecule has 0 fully saturated rings. The monoisotopic (exact) mass is 210 g/mol. The van der Waals surface area contributed by atoms with Crippen LogP contribution in [0, 0.1) is 16.0 Å². The second-order valence-electron chi connectivity index (χ2n) is 4.08. The summed E-state index contributed by atoms with van der Waals surface area (Å²) >= 11 is 0. The van der Waals surface area contributed by atoms with Gasteiger partial charge in [0.15, 0.2) is 0 Å². The van der Waals surface area contributed by atoms with Gasteiger partial charge in [0.2, 0.25) is 6.33 Å². The summed E-state index contributed by atoms with van der Waals surface area (Å²) in [5.41, 5.74) is 6.56. The van der Waals surface area contributed by atoms with Crippen molar-refractivity contribution in [3.63, 3.8) is 0 Å². The summed E-state index contributed by atoms with van der Waals surface area (Å²) in [4.78, 5) is 14.0. The third-order valence-electron chi connectivity index (χ3n) is 3.02. The molecule has 1 aromatic heterocycles. The molecule has 15 heavy (non-hydrogen) atoms. The van der Waals surface area contributed by atoms with Crippen LogP contribution in [0.4, 0.5) is 5.82 Å². The Balaban J connectivity index is 2.26. The van der Waals surface area contributed by atoms with Crippen molar-refractivity contribution < 1.29 is 4.92 Å². The molecular weight excluding hydrogens is 196 g/mol.